The second kappa shape index (κ2) is 5.24. The number of rotatable bonds is 3. The summed E-state index contributed by atoms with van der Waals surface area (Å²) in [5.74, 6) is -0.638. The lowest BCUT2D eigenvalue weighted by Gasteiger charge is -2.24. The van der Waals surface area contributed by atoms with E-state index in [0.717, 1.165) is 16.7 Å². The van der Waals surface area contributed by atoms with Crippen molar-refractivity contribution in [3.63, 3.8) is 0 Å². The highest BCUT2D eigenvalue weighted by Crippen LogP contribution is 2.39. The summed E-state index contributed by atoms with van der Waals surface area (Å²) in [6, 6.07) is 5.39. The molecule has 0 radical (unpaired) electrons. The first-order valence-electron chi connectivity index (χ1n) is 6.63. The van der Waals surface area contributed by atoms with Crippen LogP contribution in [-0.2, 0) is 5.41 Å². The first-order chi connectivity index (χ1) is 9.74. The third kappa shape index (κ3) is 2.91. The second-order valence-electron chi connectivity index (χ2n) is 6.02. The number of carboxylic acid groups (broad SMARTS) is 1. The predicted octanol–water partition coefficient (Wildman–Crippen LogP) is 3.65. The molecule has 0 aliphatic heterocycles. The van der Waals surface area contributed by atoms with Crippen LogP contribution in [0, 0.1) is 6.92 Å². The van der Waals surface area contributed by atoms with Gasteiger partial charge in [-0.3, -0.25) is 0 Å². The Balaban J connectivity index is 2.67. The van der Waals surface area contributed by atoms with E-state index in [2.05, 4.69) is 32.0 Å². The number of methoxy groups -OCH3 is 1. The van der Waals surface area contributed by atoms with Gasteiger partial charge in [0, 0.05) is 17.2 Å². The van der Waals surface area contributed by atoms with Crippen LogP contribution in [0.1, 0.15) is 42.5 Å². The Morgan fingerprint density at radius 2 is 1.95 bits per heavy atom. The number of aromatic carboxylic acids is 1. The van der Waals surface area contributed by atoms with Gasteiger partial charge in [-0.2, -0.15) is 0 Å². The Kier molecular flexibility index (Phi) is 3.77. The summed E-state index contributed by atoms with van der Waals surface area (Å²) in [6.45, 7) is 8.27. The van der Waals surface area contributed by atoms with Crippen LogP contribution < -0.4 is 4.74 Å². The van der Waals surface area contributed by atoms with Gasteiger partial charge >= 0.3 is 5.97 Å². The van der Waals surface area contributed by atoms with Gasteiger partial charge in [-0.05, 0) is 24.0 Å². The topological polar surface area (TPSA) is 72.6 Å². The summed E-state index contributed by atoms with van der Waals surface area (Å²) in [6.07, 6.45) is 0. The van der Waals surface area contributed by atoms with Crippen molar-refractivity contribution in [2.75, 3.05) is 7.11 Å². The van der Waals surface area contributed by atoms with Crippen molar-refractivity contribution in [1.29, 1.82) is 0 Å². The van der Waals surface area contributed by atoms with Crippen LogP contribution in [0.25, 0.3) is 11.3 Å². The van der Waals surface area contributed by atoms with Gasteiger partial charge in [-0.15, -0.1) is 0 Å². The van der Waals surface area contributed by atoms with Crippen molar-refractivity contribution in [3.8, 4) is 17.0 Å². The summed E-state index contributed by atoms with van der Waals surface area (Å²) in [5.41, 5.74) is 3.18. The molecule has 0 bridgehead atoms. The maximum Gasteiger partial charge on any atom is 0.374 e. The van der Waals surface area contributed by atoms with E-state index >= 15 is 0 Å². The third-order valence-corrected chi connectivity index (χ3v) is 3.24. The molecule has 0 fully saturated rings. The minimum absolute atomic E-state index is 0.106. The molecule has 0 amide bonds. The number of aryl methyl sites for hydroxylation is 1. The van der Waals surface area contributed by atoms with Crippen LogP contribution in [0.5, 0.6) is 5.75 Å². The fourth-order valence-electron chi connectivity index (χ4n) is 2.24. The average Bonchev–Trinajstić information content (AvgIpc) is 2.86. The standard InChI is InChI=1S/C16H19NO4/c1-9-6-10(12-8-13(15(18)19)21-17-12)14(20-5)11(7-9)16(2,3)4/h6-8H,1-5H3,(H,18,19). The number of carboxylic acids is 1. The van der Waals surface area contributed by atoms with Crippen LogP contribution in [0.2, 0.25) is 0 Å². The molecule has 1 aromatic carbocycles. The number of hydrogen-bond donors (Lipinski definition) is 1. The van der Waals surface area contributed by atoms with E-state index in [0.29, 0.717) is 11.4 Å². The molecule has 5 heteroatoms. The number of carbonyl (C=O) groups is 1. The molecule has 1 aromatic heterocycles. The Bertz CT molecular complexity index is 680. The van der Waals surface area contributed by atoms with Gasteiger partial charge in [0.1, 0.15) is 11.4 Å². The van der Waals surface area contributed by atoms with E-state index in [4.69, 9.17) is 14.4 Å². The molecule has 0 saturated heterocycles. The van der Waals surface area contributed by atoms with Crippen molar-refractivity contribution in [1.82, 2.24) is 5.16 Å². The maximum absolute atomic E-state index is 10.9. The molecule has 112 valence electrons. The monoisotopic (exact) mass is 289 g/mol. The molecule has 0 aliphatic rings. The number of ether oxygens (including phenoxy) is 1. The minimum atomic E-state index is -1.14. The summed E-state index contributed by atoms with van der Waals surface area (Å²) < 4.78 is 10.4. The van der Waals surface area contributed by atoms with E-state index in [1.165, 1.54) is 6.07 Å². The summed E-state index contributed by atoms with van der Waals surface area (Å²) in [4.78, 5) is 10.9. The fraction of sp³-hybridized carbons (Fsp3) is 0.375. The summed E-state index contributed by atoms with van der Waals surface area (Å²) in [7, 11) is 1.60. The zero-order valence-electron chi connectivity index (χ0n) is 12.9. The van der Waals surface area contributed by atoms with Crippen LogP contribution in [0.15, 0.2) is 22.7 Å². The van der Waals surface area contributed by atoms with E-state index in [1.54, 1.807) is 7.11 Å². The number of aromatic nitrogens is 1. The van der Waals surface area contributed by atoms with Gasteiger partial charge < -0.3 is 14.4 Å². The van der Waals surface area contributed by atoms with E-state index in [-0.39, 0.29) is 11.2 Å². The van der Waals surface area contributed by atoms with Gasteiger partial charge in [0.2, 0.25) is 5.76 Å². The molecule has 0 unspecified atom stereocenters. The maximum atomic E-state index is 10.9. The smallest absolute Gasteiger partial charge is 0.374 e. The Morgan fingerprint density at radius 3 is 2.43 bits per heavy atom. The van der Waals surface area contributed by atoms with Crippen molar-refractivity contribution in [2.24, 2.45) is 0 Å². The van der Waals surface area contributed by atoms with Crippen LogP contribution in [0.4, 0.5) is 0 Å². The molecule has 5 nitrogen and oxygen atoms in total. The second-order valence-corrected chi connectivity index (χ2v) is 6.02. The lowest BCUT2D eigenvalue weighted by molar-refractivity contribution is 0.0652. The van der Waals surface area contributed by atoms with Crippen LogP contribution in [-0.4, -0.2) is 23.3 Å². The van der Waals surface area contributed by atoms with Gasteiger partial charge in [-0.1, -0.05) is 32.0 Å². The Hall–Kier alpha value is -2.30. The van der Waals surface area contributed by atoms with Crippen molar-refractivity contribution in [2.45, 2.75) is 33.1 Å². The molecule has 1 N–H and O–H groups in total. The molecular weight excluding hydrogens is 270 g/mol. The Labute approximate surface area is 123 Å². The van der Waals surface area contributed by atoms with E-state index in [1.807, 2.05) is 13.0 Å². The molecule has 0 saturated carbocycles. The predicted molar refractivity (Wildman–Crippen MR) is 78.9 cm³/mol. The Morgan fingerprint density at radius 1 is 1.29 bits per heavy atom. The van der Waals surface area contributed by atoms with Gasteiger partial charge in [-0.25, -0.2) is 4.79 Å². The largest absolute Gasteiger partial charge is 0.496 e. The van der Waals surface area contributed by atoms with Crippen molar-refractivity contribution in [3.05, 3.63) is 35.1 Å². The number of nitrogens with zero attached hydrogens (tertiary/aromatic N) is 1. The molecular formula is C16H19NO4. The zero-order chi connectivity index (χ0) is 15.8. The fourth-order valence-corrected chi connectivity index (χ4v) is 2.24. The zero-order valence-corrected chi connectivity index (χ0v) is 12.9. The van der Waals surface area contributed by atoms with Gasteiger partial charge in [0.15, 0.2) is 0 Å². The highest BCUT2D eigenvalue weighted by atomic mass is 16.5. The summed E-state index contributed by atoms with van der Waals surface area (Å²) >= 11 is 0. The lowest BCUT2D eigenvalue weighted by Crippen LogP contribution is -2.13. The first-order valence-corrected chi connectivity index (χ1v) is 6.63. The van der Waals surface area contributed by atoms with Gasteiger partial charge in [0.25, 0.3) is 0 Å². The summed E-state index contributed by atoms with van der Waals surface area (Å²) in [5, 5.41) is 12.8. The molecule has 1 heterocycles. The highest BCUT2D eigenvalue weighted by molar-refractivity contribution is 5.86. The normalized spacial score (nSPS) is 11.5. The number of benzene rings is 1. The molecule has 2 rings (SSSR count). The molecule has 2 aromatic rings. The van der Waals surface area contributed by atoms with E-state index in [9.17, 15) is 4.79 Å². The SMILES string of the molecule is COc1c(-c2cc(C(=O)O)on2)cc(C)cc1C(C)(C)C. The van der Waals surface area contributed by atoms with E-state index < -0.39 is 5.97 Å². The molecule has 0 spiro atoms. The van der Waals surface area contributed by atoms with Crippen molar-refractivity contribution < 1.29 is 19.2 Å². The highest BCUT2D eigenvalue weighted by Gasteiger charge is 2.24. The minimum Gasteiger partial charge on any atom is -0.496 e. The quantitative estimate of drug-likeness (QED) is 0.933. The number of hydrogen-bond acceptors (Lipinski definition) is 4. The van der Waals surface area contributed by atoms with Crippen molar-refractivity contribution >= 4 is 5.97 Å². The molecule has 0 atom stereocenters. The molecule has 21 heavy (non-hydrogen) atoms. The van der Waals surface area contributed by atoms with Crippen LogP contribution >= 0.6 is 0 Å². The average molecular weight is 289 g/mol. The first kappa shape index (κ1) is 15.1. The molecule has 0 aliphatic carbocycles. The third-order valence-electron chi connectivity index (χ3n) is 3.24. The van der Waals surface area contributed by atoms with Crippen LogP contribution in [0.3, 0.4) is 0 Å². The lowest BCUT2D eigenvalue weighted by atomic mass is 9.83. The van der Waals surface area contributed by atoms with Gasteiger partial charge in [0.05, 0.1) is 7.11 Å².